The molecule has 1 aliphatic rings. The van der Waals surface area contributed by atoms with E-state index < -0.39 is 0 Å². The largest absolute Gasteiger partial charge is 0.326 e. The molecule has 0 aromatic heterocycles. The van der Waals surface area contributed by atoms with E-state index in [4.69, 9.17) is 5.73 Å². The Kier molecular flexibility index (Phi) is 2.49. The van der Waals surface area contributed by atoms with Gasteiger partial charge in [-0.05, 0) is 25.3 Å². The second kappa shape index (κ2) is 3.18. The van der Waals surface area contributed by atoms with Crippen LogP contribution in [0.5, 0.6) is 0 Å². The summed E-state index contributed by atoms with van der Waals surface area (Å²) in [5.74, 6) is 0.708. The van der Waals surface area contributed by atoms with Gasteiger partial charge in [0, 0.05) is 12.6 Å². The third kappa shape index (κ3) is 1.95. The van der Waals surface area contributed by atoms with E-state index in [2.05, 4.69) is 12.2 Å². The van der Waals surface area contributed by atoms with E-state index in [-0.39, 0.29) is 0 Å². The number of hydrogen-bond donors (Lipinski definition) is 2. The van der Waals surface area contributed by atoms with Crippen molar-refractivity contribution in [2.45, 2.75) is 25.8 Å². The lowest BCUT2D eigenvalue weighted by Gasteiger charge is -2.14. The zero-order chi connectivity index (χ0) is 6.69. The molecule has 0 aliphatic carbocycles. The van der Waals surface area contributed by atoms with Gasteiger partial charge in [-0.1, -0.05) is 6.92 Å². The van der Waals surface area contributed by atoms with E-state index in [1.807, 2.05) is 0 Å². The van der Waals surface area contributed by atoms with Crippen molar-refractivity contribution in [3.8, 4) is 0 Å². The molecule has 54 valence electrons. The molecule has 1 rings (SSSR count). The fraction of sp³-hybridized carbons (Fsp3) is 1.00. The van der Waals surface area contributed by atoms with Gasteiger partial charge in [0.2, 0.25) is 0 Å². The summed E-state index contributed by atoms with van der Waals surface area (Å²) in [6.07, 6.45) is 2.57. The Labute approximate surface area is 56.8 Å². The van der Waals surface area contributed by atoms with E-state index >= 15 is 0 Å². The zero-order valence-corrected chi connectivity index (χ0v) is 6.06. The van der Waals surface area contributed by atoms with Crippen LogP contribution in [0.1, 0.15) is 19.8 Å². The topological polar surface area (TPSA) is 38.0 Å². The molecule has 1 fully saturated rings. The molecule has 2 heteroatoms. The summed E-state index contributed by atoms with van der Waals surface area (Å²) in [4.78, 5) is 0. The first-order valence-electron chi connectivity index (χ1n) is 3.77. The summed E-state index contributed by atoms with van der Waals surface area (Å²) in [5.41, 5.74) is 5.82. The van der Waals surface area contributed by atoms with Crippen LogP contribution in [0, 0.1) is 5.92 Å². The van der Waals surface area contributed by atoms with Crippen LogP contribution in [0.15, 0.2) is 0 Å². The third-order valence-electron chi connectivity index (χ3n) is 2.12. The maximum Gasteiger partial charge on any atom is 0.0191 e. The molecule has 9 heavy (non-hydrogen) atoms. The summed E-state index contributed by atoms with van der Waals surface area (Å²) < 4.78 is 0. The predicted octanol–water partition coefficient (Wildman–Crippen LogP) is 0.333. The fourth-order valence-corrected chi connectivity index (χ4v) is 1.23. The molecule has 3 N–H and O–H groups in total. The maximum absolute atomic E-state index is 5.82. The van der Waals surface area contributed by atoms with Gasteiger partial charge in [-0.3, -0.25) is 0 Å². The Morgan fingerprint density at radius 2 is 2.33 bits per heavy atom. The van der Waals surface area contributed by atoms with Crippen molar-refractivity contribution in [1.29, 1.82) is 0 Å². The zero-order valence-electron chi connectivity index (χ0n) is 6.06. The number of nitrogens with one attached hydrogen (secondary N) is 1. The summed E-state index contributed by atoms with van der Waals surface area (Å²) in [6.45, 7) is 4.39. The summed E-state index contributed by atoms with van der Waals surface area (Å²) >= 11 is 0. The van der Waals surface area contributed by atoms with Gasteiger partial charge in [-0.15, -0.1) is 0 Å². The molecule has 0 radical (unpaired) electrons. The summed E-state index contributed by atoms with van der Waals surface area (Å²) in [5, 5.41) is 3.30. The van der Waals surface area contributed by atoms with E-state index in [9.17, 15) is 0 Å². The minimum Gasteiger partial charge on any atom is -0.326 e. The lowest BCUT2D eigenvalue weighted by molar-refractivity contribution is 0.447. The average molecular weight is 128 g/mol. The number of rotatable bonds is 0. The number of nitrogens with two attached hydrogens (primary N) is 1. The van der Waals surface area contributed by atoms with Gasteiger partial charge in [0.25, 0.3) is 0 Å². The molecule has 2 nitrogen and oxygen atoms in total. The van der Waals surface area contributed by atoms with Crippen LogP contribution in [0.4, 0.5) is 0 Å². The molecule has 1 saturated heterocycles. The molecule has 0 spiro atoms. The van der Waals surface area contributed by atoms with Crippen LogP contribution < -0.4 is 11.1 Å². The third-order valence-corrected chi connectivity index (χ3v) is 2.12. The van der Waals surface area contributed by atoms with Crippen LogP contribution >= 0.6 is 0 Å². The van der Waals surface area contributed by atoms with Crippen molar-refractivity contribution in [1.82, 2.24) is 5.32 Å². The Morgan fingerprint density at radius 1 is 1.56 bits per heavy atom. The maximum atomic E-state index is 5.82. The van der Waals surface area contributed by atoms with Crippen molar-refractivity contribution >= 4 is 0 Å². The van der Waals surface area contributed by atoms with Gasteiger partial charge >= 0.3 is 0 Å². The molecule has 1 unspecified atom stereocenters. The Hall–Kier alpha value is -0.0800. The lowest BCUT2D eigenvalue weighted by Crippen LogP contribution is -2.36. The molecule has 1 heterocycles. The molecule has 0 amide bonds. The molecule has 0 bridgehead atoms. The smallest absolute Gasteiger partial charge is 0.0191 e. The van der Waals surface area contributed by atoms with Crippen molar-refractivity contribution in [3.63, 3.8) is 0 Å². The minimum atomic E-state index is 0.382. The van der Waals surface area contributed by atoms with Gasteiger partial charge in [-0.2, -0.15) is 0 Å². The Bertz CT molecular complexity index is 73.0. The molecule has 0 saturated carbocycles. The highest BCUT2D eigenvalue weighted by Gasteiger charge is 2.14. The average Bonchev–Trinajstić information content (AvgIpc) is 1.99. The number of hydrogen-bond acceptors (Lipinski definition) is 2. The Morgan fingerprint density at radius 3 is 3.11 bits per heavy atom. The molecular weight excluding hydrogens is 112 g/mol. The van der Waals surface area contributed by atoms with Crippen molar-refractivity contribution in [3.05, 3.63) is 0 Å². The summed E-state index contributed by atoms with van der Waals surface area (Å²) in [7, 11) is 0. The quantitative estimate of drug-likeness (QED) is 0.493. The first-order chi connectivity index (χ1) is 4.30. The van der Waals surface area contributed by atoms with Crippen LogP contribution in [-0.2, 0) is 0 Å². The van der Waals surface area contributed by atoms with Crippen molar-refractivity contribution in [2.24, 2.45) is 11.7 Å². The van der Waals surface area contributed by atoms with E-state index in [0.717, 1.165) is 13.1 Å². The standard InChI is InChI=1S/C7H16N2/c1-6-3-2-4-9-5-7(6)8/h6-7,9H,2-5,8H2,1H3/t6?,7-/m1/s1. The highest BCUT2D eigenvalue weighted by atomic mass is 14.9. The van der Waals surface area contributed by atoms with Crippen LogP contribution in [0.3, 0.4) is 0 Å². The van der Waals surface area contributed by atoms with Gasteiger partial charge in [0.05, 0.1) is 0 Å². The van der Waals surface area contributed by atoms with Gasteiger partial charge in [0.1, 0.15) is 0 Å². The minimum absolute atomic E-state index is 0.382. The molecule has 0 aromatic rings. The van der Waals surface area contributed by atoms with Gasteiger partial charge in [0.15, 0.2) is 0 Å². The van der Waals surface area contributed by atoms with Crippen LogP contribution in [0.2, 0.25) is 0 Å². The lowest BCUT2D eigenvalue weighted by atomic mass is 9.99. The second-order valence-corrected chi connectivity index (χ2v) is 2.99. The first kappa shape index (κ1) is 7.03. The van der Waals surface area contributed by atoms with Crippen LogP contribution in [-0.4, -0.2) is 19.1 Å². The summed E-state index contributed by atoms with van der Waals surface area (Å²) in [6, 6.07) is 0.382. The van der Waals surface area contributed by atoms with Crippen molar-refractivity contribution < 1.29 is 0 Å². The monoisotopic (exact) mass is 128 g/mol. The second-order valence-electron chi connectivity index (χ2n) is 2.99. The highest BCUT2D eigenvalue weighted by Crippen LogP contribution is 2.10. The van der Waals surface area contributed by atoms with E-state index in [1.54, 1.807) is 0 Å². The van der Waals surface area contributed by atoms with Gasteiger partial charge < -0.3 is 11.1 Å². The predicted molar refractivity (Wildman–Crippen MR) is 39.2 cm³/mol. The molecule has 0 aromatic carbocycles. The molecular formula is C7H16N2. The van der Waals surface area contributed by atoms with E-state index in [1.165, 1.54) is 12.8 Å². The molecule has 1 aliphatic heterocycles. The normalized spacial score (nSPS) is 38.0. The van der Waals surface area contributed by atoms with Crippen molar-refractivity contribution in [2.75, 3.05) is 13.1 Å². The molecule has 2 atom stereocenters. The van der Waals surface area contributed by atoms with Crippen LogP contribution in [0.25, 0.3) is 0 Å². The Balaban J connectivity index is 2.32. The SMILES string of the molecule is CC1CCCNC[C@H]1N. The fourth-order valence-electron chi connectivity index (χ4n) is 1.23. The van der Waals surface area contributed by atoms with Gasteiger partial charge in [-0.25, -0.2) is 0 Å². The first-order valence-corrected chi connectivity index (χ1v) is 3.77. The van der Waals surface area contributed by atoms with E-state index in [0.29, 0.717) is 12.0 Å². The highest BCUT2D eigenvalue weighted by molar-refractivity contribution is 4.75.